The Morgan fingerprint density at radius 1 is 0.310 bits per heavy atom. The van der Waals surface area contributed by atoms with Crippen molar-refractivity contribution >= 4 is 48.7 Å². The van der Waals surface area contributed by atoms with Crippen LogP contribution in [0.1, 0.15) is 193 Å². The number of aliphatic hydroxyl groups excluding tert-OH is 3. The Bertz CT molecular complexity index is 2860. The third-order valence-corrected chi connectivity index (χ3v) is 16.8. The first kappa shape index (κ1) is 112. The van der Waals surface area contributed by atoms with E-state index in [0.29, 0.717) is 95.0 Å². The Hall–Kier alpha value is -5.63. The first-order chi connectivity index (χ1) is 54.1. The second kappa shape index (κ2) is 60.0. The Morgan fingerprint density at radius 3 is 0.716 bits per heavy atom. The molecule has 7 saturated heterocycles. The smallest absolute Gasteiger partial charge is 0.302 e. The van der Waals surface area contributed by atoms with Crippen LogP contribution >= 0.6 is 11.6 Å². The molecule has 0 saturated carbocycles. The Kier molecular flexibility index (Phi) is 58.1. The summed E-state index contributed by atoms with van der Waals surface area (Å²) in [6, 6.07) is 0. The van der Waals surface area contributed by atoms with Gasteiger partial charge >= 0.3 is 11.9 Å². The lowest BCUT2D eigenvalue weighted by molar-refractivity contribution is -0.203. The van der Waals surface area contributed by atoms with E-state index in [-0.39, 0.29) is 127 Å². The zero-order chi connectivity index (χ0) is 88.9. The number of aldehydes is 4. The summed E-state index contributed by atoms with van der Waals surface area (Å²) >= 11 is 5.58. The number of hydrogen-bond acceptors (Lipinski definition) is 25. The first-order valence-electron chi connectivity index (χ1n) is 39.5. The van der Waals surface area contributed by atoms with Gasteiger partial charge in [-0.3, -0.25) is 28.8 Å². The second-order valence-corrected chi connectivity index (χ2v) is 35.1. The minimum absolute atomic E-state index is 0.0401. The lowest BCUT2D eigenvalue weighted by Crippen LogP contribution is -2.38. The number of esters is 2. The van der Waals surface area contributed by atoms with Gasteiger partial charge in [0.15, 0.2) is 44.0 Å². The molecule has 0 atom stereocenters. The van der Waals surface area contributed by atoms with E-state index in [4.69, 9.17) is 98.0 Å². The van der Waals surface area contributed by atoms with Crippen LogP contribution in [0.15, 0.2) is 129 Å². The molecule has 0 unspecified atom stereocenters. The van der Waals surface area contributed by atoms with Crippen LogP contribution in [0, 0.1) is 37.9 Å². The molecular formula is C90H149ClO25. The van der Waals surface area contributed by atoms with Crippen molar-refractivity contribution in [2.45, 2.75) is 237 Å². The number of aliphatic hydroxyl groups is 3. The maximum absolute atomic E-state index is 10.6. The topological polar surface area (TPSA) is 311 Å². The van der Waals surface area contributed by atoms with Gasteiger partial charge < -0.3 is 91.1 Å². The van der Waals surface area contributed by atoms with Gasteiger partial charge in [0.2, 0.25) is 0 Å². The molecule has 7 rings (SSSR count). The van der Waals surface area contributed by atoms with Crippen LogP contribution in [0.2, 0.25) is 0 Å². The summed E-state index contributed by atoms with van der Waals surface area (Å²) < 4.78 is 86.8. The predicted molar refractivity (Wildman–Crippen MR) is 453 cm³/mol. The molecule has 7 heterocycles. The lowest BCUT2D eigenvalue weighted by Gasteiger charge is -2.34. The van der Waals surface area contributed by atoms with Gasteiger partial charge in [-0.1, -0.05) is 159 Å². The van der Waals surface area contributed by atoms with Gasteiger partial charge in [0.05, 0.1) is 112 Å². The number of hydrogen-bond donors (Lipinski definition) is 3. The predicted octanol–water partition coefficient (Wildman–Crippen LogP) is 15.2. The summed E-state index contributed by atoms with van der Waals surface area (Å²) in [5.41, 5.74) is 9.51. The highest BCUT2D eigenvalue weighted by molar-refractivity contribution is 6.18. The number of allylic oxidation sites excluding steroid dienone is 10. The number of carbonyl (C=O) groups is 6. The number of carbonyl (C=O) groups excluding carboxylic acids is 6. The molecule has 666 valence electrons. The molecule has 3 N–H and O–H groups in total. The zero-order valence-corrected chi connectivity index (χ0v) is 76.1. The summed E-state index contributed by atoms with van der Waals surface area (Å²) in [5.74, 6) is -0.107. The van der Waals surface area contributed by atoms with E-state index in [0.717, 1.165) is 85.1 Å². The van der Waals surface area contributed by atoms with E-state index in [1.165, 1.54) is 25.5 Å². The molecule has 0 bridgehead atoms. The van der Waals surface area contributed by atoms with Gasteiger partial charge in [0.25, 0.3) is 0 Å². The van der Waals surface area contributed by atoms with Crippen molar-refractivity contribution in [3.8, 4) is 0 Å². The number of halogens is 1. The van der Waals surface area contributed by atoms with E-state index >= 15 is 0 Å². The Morgan fingerprint density at radius 2 is 0.517 bits per heavy atom. The van der Waals surface area contributed by atoms with E-state index < -0.39 is 0 Å². The highest BCUT2D eigenvalue weighted by atomic mass is 35.5. The highest BCUT2D eigenvalue weighted by Crippen LogP contribution is 2.32. The molecule has 0 aromatic rings. The van der Waals surface area contributed by atoms with Crippen LogP contribution in [0.5, 0.6) is 0 Å². The molecule has 7 aliphatic rings. The molecule has 7 fully saturated rings. The molecule has 25 nitrogen and oxygen atoms in total. The third kappa shape index (κ3) is 56.0. The fourth-order valence-corrected chi connectivity index (χ4v) is 9.69. The average Bonchev–Trinajstić information content (AvgIpc) is 0.901. The van der Waals surface area contributed by atoms with Gasteiger partial charge in [-0.15, -0.1) is 11.6 Å². The summed E-state index contributed by atoms with van der Waals surface area (Å²) in [7, 11) is 0. The number of ether oxygens (including phenoxy) is 16. The molecule has 0 radical (unpaired) electrons. The fraction of sp³-hybridized carbons (Fsp3) is 0.689. The number of rotatable bonds is 22. The zero-order valence-electron chi connectivity index (χ0n) is 75.3. The van der Waals surface area contributed by atoms with Crippen molar-refractivity contribution in [2.24, 2.45) is 37.9 Å². The van der Waals surface area contributed by atoms with E-state index in [9.17, 15) is 28.8 Å². The number of alkyl halides is 1. The van der Waals surface area contributed by atoms with Crippen LogP contribution in [0.25, 0.3) is 0 Å². The van der Waals surface area contributed by atoms with Crippen LogP contribution in [-0.2, 0) is 105 Å². The summed E-state index contributed by atoms with van der Waals surface area (Å²) in [6.45, 7) is 63.5. The standard InChI is InChI=1S/C12H20O4.C11H20O2.C10H17ClO2.3C10H18O3.C10H16O3.C10H12O2.C7H10O3/c1-9(5-6-14-10(2)13)11-15-7-12(3,4)8-16-11;1-5-6-9(2)10-12-7-11(3,4)8-13-10;5*1-8(4-5-11)9-12-6-10(2,3)7-13-9;1-9(7-11)5-3-4-6-10(2)8-12;1-6(5-8)3-4-10-7(2)9/h5,11H,6-8H2,1-4H3;6,10H,5,7-8H2,1-4H3;4,9H,5-7H2,1-3H3;3*4,9,11H,5-7H2,1-3H3;4-5,9H,6-7H2,1-3H3;3-8H,1-2H3;3,5H,4H2,1-2H3/b9-5+;9-6+;5*8-4+;4-3+,9-5+,10-6+;6-3+. The van der Waals surface area contributed by atoms with Gasteiger partial charge in [-0.05, 0) is 150 Å². The molecule has 0 aliphatic carbocycles. The van der Waals surface area contributed by atoms with Crippen molar-refractivity contribution in [1.82, 2.24) is 0 Å². The fourth-order valence-electron chi connectivity index (χ4n) is 9.45. The molecule has 7 aliphatic heterocycles. The first-order valence-corrected chi connectivity index (χ1v) is 40.0. The maximum Gasteiger partial charge on any atom is 0.302 e. The summed E-state index contributed by atoms with van der Waals surface area (Å²) in [4.78, 5) is 61.1. The van der Waals surface area contributed by atoms with E-state index in [1.807, 2.05) is 53.7 Å². The van der Waals surface area contributed by atoms with Crippen molar-refractivity contribution < 1.29 is 120 Å². The minimum Gasteiger partial charge on any atom is -0.462 e. The highest BCUT2D eigenvalue weighted by Gasteiger charge is 2.35. The molecular weight excluding hydrogens is 1520 g/mol. The summed E-state index contributed by atoms with van der Waals surface area (Å²) in [5, 5.41) is 26.0. The van der Waals surface area contributed by atoms with Crippen LogP contribution in [0.3, 0.4) is 0 Å². The van der Waals surface area contributed by atoms with Gasteiger partial charge in [-0.2, -0.15) is 0 Å². The van der Waals surface area contributed by atoms with Crippen LogP contribution in [-0.4, -0.2) is 228 Å². The van der Waals surface area contributed by atoms with Crippen LogP contribution < -0.4 is 0 Å². The average molecular weight is 1670 g/mol. The molecule has 116 heavy (non-hydrogen) atoms. The summed E-state index contributed by atoms with van der Waals surface area (Å²) in [6.07, 6.45) is 23.2. The van der Waals surface area contributed by atoms with Crippen LogP contribution in [0.4, 0.5) is 0 Å². The van der Waals surface area contributed by atoms with Gasteiger partial charge in [0.1, 0.15) is 38.4 Å². The van der Waals surface area contributed by atoms with Gasteiger partial charge in [0, 0.05) is 57.6 Å². The molecule has 26 heteroatoms. The SMILES string of the molecule is C/C(=C\C=O)C1OCC(C)(C)CO1.C/C(=C\CCl)C1OCC(C)(C)CO1.C/C(=C\CO)C1OCC(C)(C)CO1.C/C(=C\CO)C1OCC(C)(C)CO1.C/C(=C\CO)C1OCC(C)(C)CO1.CC(=O)OC/C=C(\C)C1OCC(C)(C)CO1.CC(=O)OC/C=C(\C)C=O.CC/C=C(\C)C1OCC(C)(C)CO1.C\C(C=O)=C/C=C/C=C(\C)C=O. The lowest BCUT2D eigenvalue weighted by atomic mass is 9.95. The van der Waals surface area contributed by atoms with E-state index in [1.54, 1.807) is 69.4 Å². The molecule has 0 spiro atoms. The van der Waals surface area contributed by atoms with Gasteiger partial charge in [-0.25, -0.2) is 0 Å². The second-order valence-electron chi connectivity index (χ2n) is 34.8. The van der Waals surface area contributed by atoms with Crippen molar-refractivity contribution in [2.75, 3.05) is 131 Å². The monoisotopic (exact) mass is 1670 g/mol. The molecule has 0 aromatic heterocycles. The van der Waals surface area contributed by atoms with Crippen molar-refractivity contribution in [1.29, 1.82) is 0 Å². The van der Waals surface area contributed by atoms with E-state index in [2.05, 4.69) is 122 Å². The van der Waals surface area contributed by atoms with Crippen molar-refractivity contribution in [3.63, 3.8) is 0 Å². The quantitative estimate of drug-likeness (QED) is 0.0226. The molecule has 0 aromatic carbocycles. The normalized spacial score (nSPS) is 22.0. The Balaban J connectivity index is 0. The minimum atomic E-state index is -0.338. The Labute approximate surface area is 700 Å². The largest absolute Gasteiger partial charge is 0.462 e. The molecule has 0 amide bonds. The van der Waals surface area contributed by atoms with Crippen molar-refractivity contribution in [3.05, 3.63) is 129 Å². The maximum atomic E-state index is 10.6. The third-order valence-electron chi connectivity index (χ3n) is 16.6.